The van der Waals surface area contributed by atoms with Crippen LogP contribution in [0.25, 0.3) is 0 Å². The smallest absolute Gasteiger partial charge is 0.0138 e. The fourth-order valence-corrected chi connectivity index (χ4v) is 0.523. The first-order valence-electron chi connectivity index (χ1n) is 1.78. The predicted octanol–water partition coefficient (Wildman–Crippen LogP) is 2.09. The lowest BCUT2D eigenvalue weighted by Gasteiger charge is -1.87. The highest BCUT2D eigenvalue weighted by Crippen LogP contribution is 1.99. The van der Waals surface area contributed by atoms with Crippen LogP contribution in [0.15, 0.2) is 12.2 Å². The highest BCUT2D eigenvalue weighted by Gasteiger charge is 1.76. The normalized spacial score (nSPS) is 8.33. The molecule has 0 aliphatic heterocycles. The molecule has 1 radical (unpaired) electrons. The van der Waals surface area contributed by atoms with Crippen molar-refractivity contribution in [2.75, 3.05) is 5.75 Å². The van der Waals surface area contributed by atoms with Gasteiger partial charge in [-0.25, -0.2) is 0 Å². The SMILES string of the molecule is [CH2]SCC(=C)C. The third kappa shape index (κ3) is 4.09. The van der Waals surface area contributed by atoms with Crippen LogP contribution in [-0.2, 0) is 0 Å². The van der Waals surface area contributed by atoms with Crippen molar-refractivity contribution >= 4 is 11.8 Å². The zero-order valence-electron chi connectivity index (χ0n) is 4.03. The van der Waals surface area contributed by atoms with Crippen LogP contribution >= 0.6 is 11.8 Å². The Hall–Kier alpha value is 0.0900. The van der Waals surface area contributed by atoms with Gasteiger partial charge in [0.05, 0.1) is 0 Å². The molecule has 0 heterocycles. The maximum absolute atomic E-state index is 3.68. The molecular formula is C5H9S. The standard InChI is InChI=1S/C5H9S/c1-5(2)4-6-3/h1,3-4H2,2H3. The Kier molecular flexibility index (Phi) is 3.34. The lowest BCUT2D eigenvalue weighted by Crippen LogP contribution is -1.71. The van der Waals surface area contributed by atoms with Gasteiger partial charge >= 0.3 is 0 Å². The van der Waals surface area contributed by atoms with Crippen LogP contribution in [0.5, 0.6) is 0 Å². The summed E-state index contributed by atoms with van der Waals surface area (Å²) in [7, 11) is 0. The van der Waals surface area contributed by atoms with Gasteiger partial charge in [-0.15, -0.1) is 0 Å². The minimum Gasteiger partial charge on any atom is -0.157 e. The van der Waals surface area contributed by atoms with Crippen molar-refractivity contribution in [1.82, 2.24) is 0 Å². The van der Waals surface area contributed by atoms with Crippen LogP contribution < -0.4 is 0 Å². The summed E-state index contributed by atoms with van der Waals surface area (Å²) in [5, 5.41) is 0. The fraction of sp³-hybridized carbons (Fsp3) is 0.400. The second-order valence-electron chi connectivity index (χ2n) is 1.31. The van der Waals surface area contributed by atoms with Crippen molar-refractivity contribution in [2.24, 2.45) is 0 Å². The Morgan fingerprint density at radius 1 is 1.83 bits per heavy atom. The van der Waals surface area contributed by atoms with Gasteiger partial charge in [-0.05, 0) is 6.92 Å². The first-order valence-corrected chi connectivity index (χ1v) is 2.94. The molecular weight excluding hydrogens is 92.1 g/mol. The number of rotatable bonds is 2. The Labute approximate surface area is 43.6 Å². The quantitative estimate of drug-likeness (QED) is 0.480. The molecule has 0 aromatic heterocycles. The second-order valence-corrected chi connectivity index (χ2v) is 2.00. The third-order valence-corrected chi connectivity index (χ3v) is 1.05. The van der Waals surface area contributed by atoms with Gasteiger partial charge in [-0.1, -0.05) is 12.2 Å². The van der Waals surface area contributed by atoms with Crippen LogP contribution in [0.1, 0.15) is 6.92 Å². The van der Waals surface area contributed by atoms with Gasteiger partial charge in [0, 0.05) is 12.0 Å². The Balaban J connectivity index is 2.83. The highest BCUT2D eigenvalue weighted by atomic mass is 32.2. The average molecular weight is 101 g/mol. The molecule has 0 rings (SSSR count). The van der Waals surface area contributed by atoms with Gasteiger partial charge < -0.3 is 0 Å². The van der Waals surface area contributed by atoms with Gasteiger partial charge in [0.25, 0.3) is 0 Å². The Morgan fingerprint density at radius 2 is 2.33 bits per heavy atom. The zero-order valence-corrected chi connectivity index (χ0v) is 4.85. The van der Waals surface area contributed by atoms with E-state index < -0.39 is 0 Å². The van der Waals surface area contributed by atoms with E-state index in [1.165, 1.54) is 5.57 Å². The van der Waals surface area contributed by atoms with Crippen LogP contribution in [0.3, 0.4) is 0 Å². The molecule has 6 heavy (non-hydrogen) atoms. The number of hydrogen-bond acceptors (Lipinski definition) is 1. The molecule has 0 bridgehead atoms. The van der Waals surface area contributed by atoms with Gasteiger partial charge in [-0.2, -0.15) is 11.8 Å². The van der Waals surface area contributed by atoms with Gasteiger partial charge in [0.15, 0.2) is 0 Å². The predicted molar refractivity (Wildman–Crippen MR) is 32.6 cm³/mol. The third-order valence-electron chi connectivity index (χ3n) is 0.348. The first-order chi connectivity index (χ1) is 2.77. The molecule has 1 heteroatoms. The molecule has 0 N–H and O–H groups in total. The summed E-state index contributed by atoms with van der Waals surface area (Å²) in [5.74, 6) is 0.986. The summed E-state index contributed by atoms with van der Waals surface area (Å²) in [6, 6.07) is 0. The lowest BCUT2D eigenvalue weighted by molar-refractivity contribution is 1.44. The first kappa shape index (κ1) is 6.09. The van der Waals surface area contributed by atoms with Crippen LogP contribution in [0, 0.1) is 6.26 Å². The minimum atomic E-state index is 0.986. The Morgan fingerprint density at radius 3 is 2.33 bits per heavy atom. The molecule has 0 spiro atoms. The summed E-state index contributed by atoms with van der Waals surface area (Å²) >= 11 is 1.56. The summed E-state index contributed by atoms with van der Waals surface area (Å²) in [4.78, 5) is 0. The Bertz CT molecular complexity index is 47.9. The van der Waals surface area contributed by atoms with E-state index in [4.69, 9.17) is 0 Å². The topological polar surface area (TPSA) is 0 Å². The van der Waals surface area contributed by atoms with Gasteiger partial charge in [-0.3, -0.25) is 0 Å². The molecule has 0 amide bonds. The molecule has 0 unspecified atom stereocenters. The number of thioether (sulfide) groups is 1. The molecule has 0 saturated heterocycles. The van der Waals surface area contributed by atoms with E-state index in [2.05, 4.69) is 12.8 Å². The van der Waals surface area contributed by atoms with Crippen LogP contribution in [0.2, 0.25) is 0 Å². The largest absolute Gasteiger partial charge is 0.157 e. The molecule has 0 aromatic carbocycles. The second kappa shape index (κ2) is 3.29. The molecule has 0 aromatic rings. The molecule has 0 aliphatic rings. The van der Waals surface area contributed by atoms with E-state index in [0.717, 1.165) is 5.75 Å². The van der Waals surface area contributed by atoms with Crippen molar-refractivity contribution in [3.63, 3.8) is 0 Å². The molecule has 0 aliphatic carbocycles. The van der Waals surface area contributed by atoms with E-state index in [1.807, 2.05) is 6.92 Å². The average Bonchev–Trinajstić information content (AvgIpc) is 1.35. The van der Waals surface area contributed by atoms with Crippen molar-refractivity contribution in [2.45, 2.75) is 6.92 Å². The van der Waals surface area contributed by atoms with Crippen molar-refractivity contribution in [1.29, 1.82) is 0 Å². The van der Waals surface area contributed by atoms with Gasteiger partial charge in [0.1, 0.15) is 0 Å². The molecule has 0 nitrogen and oxygen atoms in total. The zero-order chi connectivity index (χ0) is 4.99. The molecule has 35 valence electrons. The van der Waals surface area contributed by atoms with Crippen LogP contribution in [0.4, 0.5) is 0 Å². The van der Waals surface area contributed by atoms with Crippen molar-refractivity contribution < 1.29 is 0 Å². The fourth-order valence-electron chi connectivity index (χ4n) is 0.174. The number of hydrogen-bond donors (Lipinski definition) is 0. The van der Waals surface area contributed by atoms with Crippen molar-refractivity contribution in [3.05, 3.63) is 18.4 Å². The van der Waals surface area contributed by atoms with E-state index in [9.17, 15) is 0 Å². The lowest BCUT2D eigenvalue weighted by atomic mass is 10.4. The van der Waals surface area contributed by atoms with E-state index in [-0.39, 0.29) is 0 Å². The van der Waals surface area contributed by atoms with E-state index in [1.54, 1.807) is 11.8 Å². The highest BCUT2D eigenvalue weighted by molar-refractivity contribution is 8.00. The maximum Gasteiger partial charge on any atom is 0.0138 e. The van der Waals surface area contributed by atoms with Crippen LogP contribution in [-0.4, -0.2) is 5.75 Å². The van der Waals surface area contributed by atoms with E-state index in [0.29, 0.717) is 0 Å². The maximum atomic E-state index is 3.68. The molecule has 0 fully saturated rings. The summed E-state index contributed by atoms with van der Waals surface area (Å²) in [5.41, 5.74) is 1.19. The van der Waals surface area contributed by atoms with Gasteiger partial charge in [0.2, 0.25) is 0 Å². The summed E-state index contributed by atoms with van der Waals surface area (Å²) in [6.45, 7) is 5.68. The van der Waals surface area contributed by atoms with Crippen molar-refractivity contribution in [3.8, 4) is 0 Å². The minimum absolute atomic E-state index is 0.986. The van der Waals surface area contributed by atoms with E-state index >= 15 is 0 Å². The molecule has 0 atom stereocenters. The monoisotopic (exact) mass is 101 g/mol. The molecule has 0 saturated carbocycles. The summed E-state index contributed by atoms with van der Waals surface area (Å²) < 4.78 is 0. The summed E-state index contributed by atoms with van der Waals surface area (Å²) in [6.07, 6.45) is 3.58.